The maximum Gasteiger partial charge on any atom is 0.194 e. The molecule has 160 valence electrons. The normalized spacial score (nSPS) is 18.1. The van der Waals surface area contributed by atoms with E-state index in [2.05, 4.69) is 6.58 Å². The first-order valence-corrected chi connectivity index (χ1v) is 10.2. The first-order chi connectivity index (χ1) is 14.9. The van der Waals surface area contributed by atoms with Crippen molar-refractivity contribution in [2.45, 2.75) is 25.5 Å². The monoisotopic (exact) mass is 420 g/mol. The number of nitrogens with two attached hydrogens (primary N) is 1. The molecule has 0 bridgehead atoms. The number of rotatable bonds is 4. The third-order valence-corrected chi connectivity index (χ3v) is 5.50. The number of phenols is 1. The van der Waals surface area contributed by atoms with Crippen molar-refractivity contribution in [3.05, 3.63) is 76.6 Å². The first kappa shape index (κ1) is 20.8. The van der Waals surface area contributed by atoms with E-state index in [1.807, 2.05) is 24.3 Å². The van der Waals surface area contributed by atoms with E-state index in [4.69, 9.17) is 10.5 Å². The van der Waals surface area contributed by atoms with E-state index in [1.54, 1.807) is 28.8 Å². The highest BCUT2D eigenvalue weighted by molar-refractivity contribution is 5.74. The average Bonchev–Trinajstić information content (AvgIpc) is 3.07. The highest BCUT2D eigenvalue weighted by Crippen LogP contribution is 2.26. The summed E-state index contributed by atoms with van der Waals surface area (Å²) in [6.45, 7) is 4.52. The van der Waals surface area contributed by atoms with Gasteiger partial charge in [-0.2, -0.15) is 0 Å². The van der Waals surface area contributed by atoms with Crippen LogP contribution in [0, 0.1) is 0 Å². The van der Waals surface area contributed by atoms with Crippen molar-refractivity contribution < 1.29 is 19.3 Å². The van der Waals surface area contributed by atoms with Crippen molar-refractivity contribution >= 4 is 18.4 Å². The molecule has 3 aromatic rings. The van der Waals surface area contributed by atoms with Crippen LogP contribution >= 0.6 is 0 Å². The quantitative estimate of drug-likeness (QED) is 0.601. The molecule has 5 nitrogen and oxygen atoms in total. The fourth-order valence-corrected chi connectivity index (χ4v) is 3.80. The summed E-state index contributed by atoms with van der Waals surface area (Å²) in [5.74, 6) is -0.422. The lowest BCUT2D eigenvalue weighted by atomic mass is 10.0. The zero-order chi connectivity index (χ0) is 22.0. The summed E-state index contributed by atoms with van der Waals surface area (Å²) in [5.41, 5.74) is 8.49. The van der Waals surface area contributed by atoms with Gasteiger partial charge < -0.3 is 20.7 Å². The Kier molecular flexibility index (Phi) is 5.82. The Balaban J connectivity index is 1.68. The molecule has 4 N–H and O–H groups in total. The predicted octanol–water partition coefficient (Wildman–Crippen LogP) is 3.75. The summed E-state index contributed by atoms with van der Waals surface area (Å²) in [7, 11) is 0. The Bertz CT molecular complexity index is 1210. The lowest BCUT2D eigenvalue weighted by Crippen LogP contribution is -2.33. The van der Waals surface area contributed by atoms with Crippen LogP contribution in [-0.2, 0) is 4.74 Å². The maximum absolute atomic E-state index is 15.1. The molecule has 4 rings (SSSR count). The van der Waals surface area contributed by atoms with Gasteiger partial charge in [-0.05, 0) is 47.7 Å². The molecular weight excluding hydrogens is 395 g/mol. The van der Waals surface area contributed by atoms with Crippen molar-refractivity contribution in [1.82, 2.24) is 4.57 Å². The molecule has 1 saturated heterocycles. The highest BCUT2D eigenvalue weighted by Gasteiger charge is 2.19. The number of ether oxygens (including phenoxy) is 1. The number of aromatic hydroxyl groups is 2. The topological polar surface area (TPSA) is 80.6 Å². The van der Waals surface area contributed by atoms with Gasteiger partial charge in [-0.15, -0.1) is 0 Å². The minimum atomic E-state index is -0.613. The number of nitrogens with zero attached hydrogens (tertiary/aromatic N) is 1. The maximum atomic E-state index is 15.1. The van der Waals surface area contributed by atoms with E-state index in [0.717, 1.165) is 30.4 Å². The van der Waals surface area contributed by atoms with Crippen LogP contribution in [0.4, 0.5) is 4.39 Å². The van der Waals surface area contributed by atoms with Gasteiger partial charge in [0, 0.05) is 24.3 Å². The predicted molar refractivity (Wildman–Crippen MR) is 120 cm³/mol. The number of phenolic OH excluding ortho intramolecular Hbond substituents is 1. The summed E-state index contributed by atoms with van der Waals surface area (Å²) >= 11 is 0. The Morgan fingerprint density at radius 2 is 1.71 bits per heavy atom. The van der Waals surface area contributed by atoms with Gasteiger partial charge in [-0.3, -0.25) is 4.57 Å². The molecule has 0 amide bonds. The number of halogens is 1. The van der Waals surface area contributed by atoms with Crippen LogP contribution in [0.5, 0.6) is 11.6 Å². The molecule has 6 heteroatoms. The minimum absolute atomic E-state index is 0.00606. The Labute approximate surface area is 179 Å². The van der Waals surface area contributed by atoms with E-state index in [0.29, 0.717) is 22.7 Å². The molecule has 2 heterocycles. The largest absolute Gasteiger partial charge is 0.508 e. The van der Waals surface area contributed by atoms with Gasteiger partial charge >= 0.3 is 0 Å². The van der Waals surface area contributed by atoms with E-state index in [-0.39, 0.29) is 23.6 Å². The van der Waals surface area contributed by atoms with E-state index in [1.165, 1.54) is 12.1 Å². The first-order valence-electron chi connectivity index (χ1n) is 10.2. The van der Waals surface area contributed by atoms with Crippen LogP contribution in [0.15, 0.2) is 60.4 Å². The second-order valence-electron chi connectivity index (χ2n) is 7.63. The Hall–Kier alpha value is -3.51. The lowest BCUT2D eigenvalue weighted by Gasteiger charge is -2.25. The van der Waals surface area contributed by atoms with Crippen LogP contribution in [0.2, 0.25) is 0 Å². The fourth-order valence-electron chi connectivity index (χ4n) is 3.80. The fraction of sp³-hybridized carbons (Fsp3) is 0.200. The summed E-state index contributed by atoms with van der Waals surface area (Å²) in [5, 5.41) is 20.7. The summed E-state index contributed by atoms with van der Waals surface area (Å²) in [6.07, 6.45) is 3.62. The Morgan fingerprint density at radius 1 is 1.06 bits per heavy atom. The number of allylic oxidation sites excluding steroid dienone is 1. The summed E-state index contributed by atoms with van der Waals surface area (Å²) in [4.78, 5) is 0. The van der Waals surface area contributed by atoms with Crippen LogP contribution in [0.1, 0.15) is 31.1 Å². The van der Waals surface area contributed by atoms with Crippen molar-refractivity contribution in [2.24, 2.45) is 5.73 Å². The van der Waals surface area contributed by atoms with E-state index in [9.17, 15) is 10.2 Å². The molecule has 0 radical (unpaired) electrons. The van der Waals surface area contributed by atoms with Crippen LogP contribution in [0.3, 0.4) is 0 Å². The number of benzene rings is 2. The van der Waals surface area contributed by atoms with Gasteiger partial charge in [0.15, 0.2) is 5.88 Å². The number of hydrogen-bond donors (Lipinski definition) is 3. The molecule has 0 spiro atoms. The molecule has 0 aliphatic carbocycles. The highest BCUT2D eigenvalue weighted by atomic mass is 19.1. The smallest absolute Gasteiger partial charge is 0.194 e. The van der Waals surface area contributed by atoms with Crippen molar-refractivity contribution in [2.75, 3.05) is 6.61 Å². The second kappa shape index (κ2) is 8.70. The molecule has 2 aromatic carbocycles. The molecule has 1 aliphatic heterocycles. The zero-order valence-electron chi connectivity index (χ0n) is 17.1. The van der Waals surface area contributed by atoms with Gasteiger partial charge in [-0.1, -0.05) is 43.0 Å². The summed E-state index contributed by atoms with van der Waals surface area (Å²) < 4.78 is 22.4. The van der Waals surface area contributed by atoms with Crippen molar-refractivity contribution in [3.63, 3.8) is 0 Å². The van der Waals surface area contributed by atoms with E-state index >= 15 is 4.39 Å². The van der Waals surface area contributed by atoms with Gasteiger partial charge in [0.05, 0.1) is 11.0 Å². The van der Waals surface area contributed by atoms with Crippen molar-refractivity contribution in [3.8, 4) is 22.8 Å². The standard InChI is InChI=1S/C25H25FN2O3/c1-16-14-23(30)28(24-4-2-3-13-31-24)22(16)15-21(26)25(27)19-7-5-17(6-8-19)18-9-11-20(29)12-10-18/h5-12,14-15,24,29-30H,1-4,13,27H2/b22-15+,25-21+. The molecule has 1 aliphatic rings. The molecule has 1 aromatic heterocycles. The minimum Gasteiger partial charge on any atom is -0.508 e. The number of hydrogen-bond acceptors (Lipinski definition) is 4. The molecule has 0 saturated carbocycles. The van der Waals surface area contributed by atoms with Crippen LogP contribution < -0.4 is 16.3 Å². The van der Waals surface area contributed by atoms with Gasteiger partial charge in [0.25, 0.3) is 0 Å². The van der Waals surface area contributed by atoms with Gasteiger partial charge in [-0.25, -0.2) is 4.39 Å². The van der Waals surface area contributed by atoms with Gasteiger partial charge in [0.1, 0.15) is 17.8 Å². The van der Waals surface area contributed by atoms with Gasteiger partial charge in [0.2, 0.25) is 0 Å². The van der Waals surface area contributed by atoms with Crippen molar-refractivity contribution in [1.29, 1.82) is 0 Å². The van der Waals surface area contributed by atoms with Crippen LogP contribution in [-0.4, -0.2) is 21.4 Å². The third kappa shape index (κ3) is 4.34. The third-order valence-electron chi connectivity index (χ3n) is 5.50. The summed E-state index contributed by atoms with van der Waals surface area (Å²) in [6, 6.07) is 15.5. The molecule has 1 unspecified atom stereocenters. The zero-order valence-corrected chi connectivity index (χ0v) is 17.1. The Morgan fingerprint density at radius 3 is 2.32 bits per heavy atom. The molecular formula is C25H25FN2O3. The molecule has 1 atom stereocenters. The van der Waals surface area contributed by atoms with Crippen LogP contribution in [0.25, 0.3) is 29.5 Å². The van der Waals surface area contributed by atoms with E-state index < -0.39 is 5.83 Å². The SMILES string of the molecule is C=c1cc(O)n(C2CCCCO2)/c1=C/C(F)=C(\N)c1ccc(-c2ccc(O)cc2)cc1. The average molecular weight is 420 g/mol. The lowest BCUT2D eigenvalue weighted by molar-refractivity contribution is -0.0368. The molecule has 31 heavy (non-hydrogen) atoms. The second-order valence-corrected chi connectivity index (χ2v) is 7.63. The number of aromatic nitrogens is 1. The molecule has 1 fully saturated rings.